The minimum atomic E-state index is -4.71. The van der Waals surface area contributed by atoms with Crippen LogP contribution in [0.3, 0.4) is 0 Å². The first-order valence-corrected chi connectivity index (χ1v) is 9.55. The van der Waals surface area contributed by atoms with Gasteiger partial charge in [0.15, 0.2) is 0 Å². The summed E-state index contributed by atoms with van der Waals surface area (Å²) in [5.41, 5.74) is -5.25. The lowest BCUT2D eigenvalue weighted by Crippen LogP contribution is -2.28. The van der Waals surface area contributed by atoms with E-state index in [4.69, 9.17) is 4.74 Å². The molecule has 16 heteroatoms. The normalized spacial score (nSPS) is 11.7. The Hall–Kier alpha value is -3.98. The van der Waals surface area contributed by atoms with Crippen molar-refractivity contribution >= 4 is 23.0 Å². The number of hydrogen-bond donors (Lipinski definition) is 1. The Morgan fingerprint density at radius 1 is 0.861 bits per heavy atom. The Kier molecular flexibility index (Phi) is 9.33. The summed E-state index contributed by atoms with van der Waals surface area (Å²) in [6, 6.07) is 3.05. The van der Waals surface area contributed by atoms with Crippen molar-refractivity contribution in [3.63, 3.8) is 0 Å². The fourth-order valence-electron chi connectivity index (χ4n) is 2.38. The Bertz CT molecular complexity index is 1130. The van der Waals surface area contributed by atoms with Gasteiger partial charge < -0.3 is 10.1 Å². The minimum absolute atomic E-state index is 0.162. The number of carbonyl (C=O) groups excluding carboxylic acids is 1. The smallest absolute Gasteiger partial charge is 0.416 e. The summed E-state index contributed by atoms with van der Waals surface area (Å²) in [6.07, 6.45) is -9.40. The van der Waals surface area contributed by atoms with E-state index < -0.39 is 68.6 Å². The van der Waals surface area contributed by atoms with Gasteiger partial charge in [-0.3, -0.25) is 25.0 Å². The van der Waals surface area contributed by atoms with Gasteiger partial charge >= 0.3 is 24.0 Å². The molecule has 36 heavy (non-hydrogen) atoms. The summed E-state index contributed by atoms with van der Waals surface area (Å²) >= 11 is 0. The van der Waals surface area contributed by atoms with E-state index in [1.54, 1.807) is 20.8 Å². The number of anilines is 1. The molecule has 0 spiro atoms. The van der Waals surface area contributed by atoms with Crippen LogP contribution in [0.25, 0.3) is 0 Å². The predicted octanol–water partition coefficient (Wildman–Crippen LogP) is 6.12. The molecule has 0 radical (unpaired) electrons. The summed E-state index contributed by atoms with van der Waals surface area (Å²) in [5, 5.41) is 23.4. The number of ether oxygens (including phenoxy) is 1. The number of nitro groups is 2. The first kappa shape index (κ1) is 30.1. The van der Waals surface area contributed by atoms with Crippen molar-refractivity contribution in [1.29, 1.82) is 0 Å². The number of benzene rings is 2. The van der Waals surface area contributed by atoms with E-state index >= 15 is 0 Å². The molecule has 0 atom stereocenters. The van der Waals surface area contributed by atoms with Crippen molar-refractivity contribution in [2.45, 2.75) is 38.7 Å². The summed E-state index contributed by atoms with van der Waals surface area (Å²) in [5.74, 6) is -1.97. The van der Waals surface area contributed by atoms with Gasteiger partial charge in [-0.2, -0.15) is 30.7 Å². The molecular weight excluding hydrogens is 511 g/mol. The van der Waals surface area contributed by atoms with Gasteiger partial charge in [-0.25, -0.2) is 0 Å². The lowest BCUT2D eigenvalue weighted by molar-refractivity contribution is -0.387. The average Bonchev–Trinajstić information content (AvgIpc) is 2.69. The highest BCUT2D eigenvalue weighted by molar-refractivity contribution is 5.77. The van der Waals surface area contributed by atoms with E-state index in [1.165, 1.54) is 0 Å². The maximum absolute atomic E-state index is 12.6. The first-order valence-electron chi connectivity index (χ1n) is 9.55. The topological polar surface area (TPSA) is 125 Å². The lowest BCUT2D eigenvalue weighted by atomic mass is 10.1. The summed E-state index contributed by atoms with van der Waals surface area (Å²) in [6.45, 7) is 4.53. The van der Waals surface area contributed by atoms with E-state index in [2.05, 4.69) is 5.32 Å². The lowest BCUT2D eigenvalue weighted by Gasteiger charge is -2.19. The number of nitrogens with zero attached hydrogens (tertiary/aromatic N) is 2. The molecule has 9 nitrogen and oxygen atoms in total. The molecule has 2 aromatic carbocycles. The predicted molar refractivity (Wildman–Crippen MR) is 110 cm³/mol. The number of esters is 1. The fraction of sp³-hybridized carbons (Fsp3) is 0.350. The van der Waals surface area contributed by atoms with Gasteiger partial charge in [0, 0.05) is 12.1 Å². The van der Waals surface area contributed by atoms with Crippen LogP contribution >= 0.6 is 0 Å². The molecule has 0 fully saturated rings. The number of halogens is 7. The summed E-state index contributed by atoms with van der Waals surface area (Å²) in [7, 11) is 0. The first-order chi connectivity index (χ1) is 16.2. The quantitative estimate of drug-likeness (QED) is 0.214. The number of rotatable bonds is 5. The molecule has 0 bridgehead atoms. The van der Waals surface area contributed by atoms with E-state index in [0.717, 1.165) is 6.07 Å². The largest absolute Gasteiger partial charge is 0.459 e. The van der Waals surface area contributed by atoms with Gasteiger partial charge in [-0.1, -0.05) is 0 Å². The van der Waals surface area contributed by atoms with Crippen LogP contribution in [0, 0.1) is 26.0 Å². The van der Waals surface area contributed by atoms with Gasteiger partial charge in [-0.15, -0.1) is 0 Å². The zero-order valence-corrected chi connectivity index (χ0v) is 18.7. The van der Waals surface area contributed by atoms with Crippen molar-refractivity contribution in [3.8, 4) is 0 Å². The van der Waals surface area contributed by atoms with Gasteiger partial charge in [0.1, 0.15) is 17.8 Å². The Morgan fingerprint density at radius 2 is 1.31 bits per heavy atom. The van der Waals surface area contributed by atoms with Crippen molar-refractivity contribution in [2.75, 3.05) is 11.9 Å². The molecule has 198 valence electrons. The maximum Gasteiger partial charge on any atom is 0.416 e. The van der Waals surface area contributed by atoms with E-state index in [1.807, 2.05) is 0 Å². The number of nitrogens with one attached hydrogen (secondary N) is 1. The highest BCUT2D eigenvalue weighted by Crippen LogP contribution is 2.35. The van der Waals surface area contributed by atoms with Crippen molar-refractivity contribution in [1.82, 2.24) is 0 Å². The van der Waals surface area contributed by atoms with Crippen LogP contribution in [0.2, 0.25) is 0 Å². The third-order valence-corrected chi connectivity index (χ3v) is 3.84. The molecule has 0 aliphatic rings. The highest BCUT2D eigenvalue weighted by Gasteiger charge is 2.34. The van der Waals surface area contributed by atoms with Gasteiger partial charge in [0.05, 0.1) is 21.0 Å². The van der Waals surface area contributed by atoms with E-state index in [-0.39, 0.29) is 11.8 Å². The molecule has 2 rings (SSSR count). The molecule has 0 aliphatic carbocycles. The zero-order chi connectivity index (χ0) is 28.1. The standard InChI is InChI=1S/C13H15F3N2O4.C7H3F4NO2/c1-12(2,3)22-11(19)7-17-9-5-4-8(13(14,15)16)6-10(9)18(20)21;8-5-2-1-4(7(9,10)11)3-6(5)12(13)14/h4-6,17H,7H2,1-3H3;1-3H. The van der Waals surface area contributed by atoms with Gasteiger partial charge in [0.25, 0.3) is 5.69 Å². The van der Waals surface area contributed by atoms with Crippen LogP contribution in [0.4, 0.5) is 47.8 Å². The Labute approximate surface area is 198 Å². The molecule has 0 aromatic heterocycles. The monoisotopic (exact) mass is 529 g/mol. The zero-order valence-electron chi connectivity index (χ0n) is 18.7. The molecule has 0 aliphatic heterocycles. The summed E-state index contributed by atoms with van der Waals surface area (Å²) in [4.78, 5) is 30.3. The number of alkyl halides is 6. The van der Waals surface area contributed by atoms with E-state index in [9.17, 15) is 55.8 Å². The molecule has 0 heterocycles. The molecule has 0 saturated carbocycles. The second kappa shape index (κ2) is 11.2. The second-order valence-electron chi connectivity index (χ2n) is 7.85. The van der Waals surface area contributed by atoms with E-state index in [0.29, 0.717) is 24.3 Å². The van der Waals surface area contributed by atoms with Gasteiger partial charge in [0.2, 0.25) is 5.82 Å². The van der Waals surface area contributed by atoms with Crippen molar-refractivity contribution in [2.24, 2.45) is 0 Å². The SMILES string of the molecule is CC(C)(C)OC(=O)CNc1ccc(C(F)(F)F)cc1[N+](=O)[O-].O=[N+]([O-])c1cc(C(F)(F)F)ccc1F. The number of nitro benzene ring substituents is 2. The molecule has 0 unspecified atom stereocenters. The maximum atomic E-state index is 12.6. The third kappa shape index (κ3) is 9.34. The van der Waals surface area contributed by atoms with Crippen LogP contribution in [0.5, 0.6) is 0 Å². The minimum Gasteiger partial charge on any atom is -0.459 e. The van der Waals surface area contributed by atoms with Gasteiger partial charge in [-0.05, 0) is 45.0 Å². The van der Waals surface area contributed by atoms with Crippen LogP contribution in [0.15, 0.2) is 36.4 Å². The van der Waals surface area contributed by atoms with Crippen LogP contribution in [0.1, 0.15) is 31.9 Å². The number of carbonyl (C=O) groups is 1. The summed E-state index contributed by atoms with van der Waals surface area (Å²) < 4.78 is 91.3. The van der Waals surface area contributed by atoms with Crippen molar-refractivity contribution < 1.29 is 50.1 Å². The molecular formula is C20H18F7N3O6. The fourth-order valence-corrected chi connectivity index (χ4v) is 2.38. The Balaban J connectivity index is 0.000000397. The molecule has 1 N–H and O–H groups in total. The molecule has 2 aromatic rings. The highest BCUT2D eigenvalue weighted by atomic mass is 19.4. The van der Waals surface area contributed by atoms with Crippen LogP contribution in [-0.4, -0.2) is 28.0 Å². The van der Waals surface area contributed by atoms with Crippen LogP contribution < -0.4 is 5.32 Å². The molecule has 0 amide bonds. The number of hydrogen-bond acceptors (Lipinski definition) is 7. The van der Waals surface area contributed by atoms with Crippen molar-refractivity contribution in [3.05, 3.63) is 73.6 Å². The average molecular weight is 529 g/mol. The third-order valence-electron chi connectivity index (χ3n) is 3.84. The Morgan fingerprint density at radius 3 is 1.72 bits per heavy atom. The second-order valence-corrected chi connectivity index (χ2v) is 7.85. The molecule has 0 saturated heterocycles. The van der Waals surface area contributed by atoms with Crippen LogP contribution in [-0.2, 0) is 21.9 Å².